The predicted molar refractivity (Wildman–Crippen MR) is 201 cm³/mol. The van der Waals surface area contributed by atoms with Crippen LogP contribution in [0.1, 0.15) is 113 Å². The Morgan fingerprint density at radius 1 is 1.06 bits per heavy atom. The summed E-state index contributed by atoms with van der Waals surface area (Å²) in [6, 6.07) is 4.00. The van der Waals surface area contributed by atoms with E-state index in [1.54, 1.807) is 6.33 Å². The van der Waals surface area contributed by atoms with Crippen molar-refractivity contribution in [2.24, 2.45) is 56.7 Å². The molecule has 0 aromatic carbocycles. The molecule has 2 aliphatic heterocycles. The van der Waals surface area contributed by atoms with Gasteiger partial charge in [0.25, 0.3) is 0 Å². The Hall–Kier alpha value is -2.62. The molecule has 2 aromatic heterocycles. The molecule has 4 aliphatic carbocycles. The number of carboxylic acids is 1. The van der Waals surface area contributed by atoms with Crippen molar-refractivity contribution in [1.29, 1.82) is 0 Å². The number of hydrogen-bond acceptors (Lipinski definition) is 7. The van der Waals surface area contributed by atoms with Crippen LogP contribution in [0.2, 0.25) is 0 Å². The van der Waals surface area contributed by atoms with Crippen LogP contribution in [0.25, 0.3) is 11.4 Å². The van der Waals surface area contributed by atoms with Gasteiger partial charge in [-0.15, -0.1) is 0 Å². The molecule has 0 radical (unpaired) electrons. The molecule has 5 fully saturated rings. The molecule has 2 bridgehead atoms. The zero-order valence-electron chi connectivity index (χ0n) is 33.0. The quantitative estimate of drug-likeness (QED) is 0.265. The maximum atomic E-state index is 13.6. The number of nitrogens with zero attached hydrogens (tertiary/aromatic N) is 4. The summed E-state index contributed by atoms with van der Waals surface area (Å²) < 4.78 is 16.3. The van der Waals surface area contributed by atoms with Crippen molar-refractivity contribution in [3.63, 3.8) is 0 Å². The number of nitrogens with one attached hydrogen (secondary N) is 1. The molecule has 9 nitrogen and oxygen atoms in total. The first-order valence-corrected chi connectivity index (χ1v) is 20.3. The minimum absolute atomic E-state index is 0.0464. The van der Waals surface area contributed by atoms with E-state index in [2.05, 4.69) is 76.4 Å². The molecule has 0 unspecified atom stereocenters. The van der Waals surface area contributed by atoms with Gasteiger partial charge in [-0.1, -0.05) is 60.1 Å². The molecule has 2 aromatic rings. The SMILES string of the molecule is CC(C)[C@@H](C)[C@@]1(C)CC[C@]2(C)[C@H]3CC[C@@H]4[C@@]5(COC[C@]4(C)[C@@H](OC[C@@]4(C)CCCN4)[C@H](n4ncnc4-c4ccncc4)C5)C3=CC[C@@]2(C)[C@@H]1C(=O)O. The number of carbonyl (C=O) groups is 1. The Labute approximate surface area is 311 Å². The van der Waals surface area contributed by atoms with Crippen LogP contribution in [0.4, 0.5) is 0 Å². The van der Waals surface area contributed by atoms with Gasteiger partial charge < -0.3 is 19.9 Å². The van der Waals surface area contributed by atoms with E-state index in [-0.39, 0.29) is 44.8 Å². The standard InChI is InChI=1S/C43H63N5O4/c1-27(2)28(3)39(5)17-18-41(7)30-10-11-33-40(6)24-51-25-43(33,31(30)12-16-42(41,8)34(39)37(49)50)22-32(35(40)52-23-38(4)15-9-19-46-38)48-36(45-26-47-48)29-13-20-44-21-14-29/h12-14,20-21,26-28,30,32-35,46H,9-11,15-19,22-25H2,1-8H3,(H,49,50)/t28-,30+,32-,33+,34-,35+,38-,39-,40+,41-,42+,43+/m1/s1. The van der Waals surface area contributed by atoms with E-state index in [4.69, 9.17) is 19.6 Å². The second-order valence-electron chi connectivity index (χ2n) is 19.7. The Kier molecular flexibility index (Phi) is 8.71. The lowest BCUT2D eigenvalue weighted by Crippen LogP contribution is -2.69. The molecule has 2 saturated heterocycles. The minimum Gasteiger partial charge on any atom is -0.481 e. The molecule has 2 N–H and O–H groups in total. The highest BCUT2D eigenvalue weighted by molar-refractivity contribution is 5.73. The van der Waals surface area contributed by atoms with Crippen molar-refractivity contribution in [2.75, 3.05) is 26.4 Å². The van der Waals surface area contributed by atoms with Gasteiger partial charge in [-0.2, -0.15) is 5.10 Å². The average Bonchev–Trinajstić information content (AvgIpc) is 3.77. The van der Waals surface area contributed by atoms with Gasteiger partial charge in [0.15, 0.2) is 5.82 Å². The number of rotatable bonds is 8. The number of carboxylic acid groups (broad SMARTS) is 1. The van der Waals surface area contributed by atoms with E-state index in [1.165, 1.54) is 12.0 Å². The van der Waals surface area contributed by atoms with Crippen LogP contribution < -0.4 is 5.32 Å². The van der Waals surface area contributed by atoms with Gasteiger partial charge in [0.1, 0.15) is 6.33 Å². The average molecular weight is 714 g/mol. The molecule has 12 atom stereocenters. The normalized spacial score (nSPS) is 44.7. The van der Waals surface area contributed by atoms with Crippen molar-refractivity contribution in [1.82, 2.24) is 25.1 Å². The van der Waals surface area contributed by atoms with Crippen molar-refractivity contribution >= 4 is 5.97 Å². The third-order valence-corrected chi connectivity index (χ3v) is 17.0. The fourth-order valence-electron chi connectivity index (χ4n) is 13.7. The Morgan fingerprint density at radius 3 is 2.52 bits per heavy atom. The smallest absolute Gasteiger partial charge is 0.307 e. The monoisotopic (exact) mass is 713 g/mol. The van der Waals surface area contributed by atoms with Gasteiger partial charge in [-0.05, 0) is 117 Å². The van der Waals surface area contributed by atoms with Gasteiger partial charge in [0, 0.05) is 34.3 Å². The summed E-state index contributed by atoms with van der Waals surface area (Å²) in [7, 11) is 0. The molecular weight excluding hydrogens is 651 g/mol. The van der Waals surface area contributed by atoms with Gasteiger partial charge in [-0.3, -0.25) is 9.78 Å². The molecule has 0 spiro atoms. The summed E-state index contributed by atoms with van der Waals surface area (Å²) in [5.41, 5.74) is 1.32. The summed E-state index contributed by atoms with van der Waals surface area (Å²) >= 11 is 0. The maximum Gasteiger partial charge on any atom is 0.307 e. The number of pyridine rings is 1. The van der Waals surface area contributed by atoms with Crippen LogP contribution in [-0.4, -0.2) is 68.8 Å². The molecule has 9 heteroatoms. The highest BCUT2D eigenvalue weighted by atomic mass is 16.5. The second-order valence-corrected chi connectivity index (χ2v) is 19.7. The van der Waals surface area contributed by atoms with E-state index in [9.17, 15) is 9.90 Å². The first-order chi connectivity index (χ1) is 24.6. The van der Waals surface area contributed by atoms with E-state index < -0.39 is 11.9 Å². The summed E-state index contributed by atoms with van der Waals surface area (Å²) in [4.78, 5) is 22.7. The number of aromatic nitrogens is 4. The molecule has 0 amide bonds. The van der Waals surface area contributed by atoms with Crippen LogP contribution in [0, 0.1) is 56.7 Å². The number of allylic oxidation sites excluding steroid dienone is 1. The molecular formula is C43H63N5O4. The Morgan fingerprint density at radius 2 is 1.83 bits per heavy atom. The zero-order valence-corrected chi connectivity index (χ0v) is 33.0. The molecule has 4 heterocycles. The number of ether oxygens (including phenoxy) is 2. The number of fused-ring (bicyclic) bond motifs is 3. The highest BCUT2D eigenvalue weighted by Crippen LogP contribution is 2.75. The van der Waals surface area contributed by atoms with Crippen LogP contribution in [0.3, 0.4) is 0 Å². The van der Waals surface area contributed by atoms with Crippen LogP contribution in [0.15, 0.2) is 42.5 Å². The van der Waals surface area contributed by atoms with Crippen molar-refractivity contribution < 1.29 is 19.4 Å². The summed E-state index contributed by atoms with van der Waals surface area (Å²) in [6.07, 6.45) is 15.9. The summed E-state index contributed by atoms with van der Waals surface area (Å²) in [5, 5.41) is 19.9. The van der Waals surface area contributed by atoms with E-state index >= 15 is 0 Å². The fraction of sp³-hybridized carbons (Fsp3) is 0.767. The largest absolute Gasteiger partial charge is 0.481 e. The topological polar surface area (TPSA) is 111 Å². The summed E-state index contributed by atoms with van der Waals surface area (Å²) in [6.45, 7) is 21.7. The molecule has 8 rings (SSSR count). The lowest BCUT2D eigenvalue weighted by atomic mass is 9.34. The Bertz CT molecular complexity index is 1700. The predicted octanol–water partition coefficient (Wildman–Crippen LogP) is 8.00. The lowest BCUT2D eigenvalue weighted by Gasteiger charge is -2.71. The summed E-state index contributed by atoms with van der Waals surface area (Å²) in [5.74, 6) is 1.28. The van der Waals surface area contributed by atoms with Crippen LogP contribution >= 0.6 is 0 Å². The van der Waals surface area contributed by atoms with Crippen LogP contribution in [-0.2, 0) is 14.3 Å². The third-order valence-electron chi connectivity index (χ3n) is 17.0. The second kappa shape index (κ2) is 12.5. The van der Waals surface area contributed by atoms with Crippen LogP contribution in [0.5, 0.6) is 0 Å². The third kappa shape index (κ3) is 5.03. The van der Waals surface area contributed by atoms with Gasteiger partial charge in [-0.25, -0.2) is 9.67 Å². The highest BCUT2D eigenvalue weighted by Gasteiger charge is 2.72. The Balaban J connectivity index is 1.24. The first kappa shape index (κ1) is 36.4. The van der Waals surface area contributed by atoms with E-state index in [0.717, 1.165) is 62.9 Å². The minimum atomic E-state index is -0.612. The fourth-order valence-corrected chi connectivity index (χ4v) is 13.7. The maximum absolute atomic E-state index is 13.6. The van der Waals surface area contributed by atoms with E-state index in [1.807, 2.05) is 24.5 Å². The van der Waals surface area contributed by atoms with Gasteiger partial charge >= 0.3 is 5.97 Å². The number of hydrogen-bond donors (Lipinski definition) is 2. The molecule has 284 valence electrons. The molecule has 52 heavy (non-hydrogen) atoms. The zero-order chi connectivity index (χ0) is 36.9. The molecule has 3 saturated carbocycles. The van der Waals surface area contributed by atoms with E-state index in [0.29, 0.717) is 43.5 Å². The van der Waals surface area contributed by atoms with Crippen molar-refractivity contribution in [3.05, 3.63) is 42.5 Å². The molecule has 6 aliphatic rings. The van der Waals surface area contributed by atoms with Crippen molar-refractivity contribution in [3.8, 4) is 11.4 Å². The van der Waals surface area contributed by atoms with Crippen molar-refractivity contribution in [2.45, 2.75) is 124 Å². The van der Waals surface area contributed by atoms with Gasteiger partial charge in [0.05, 0.1) is 37.9 Å². The van der Waals surface area contributed by atoms with Gasteiger partial charge in [0.2, 0.25) is 0 Å². The lowest BCUT2D eigenvalue weighted by molar-refractivity contribution is -0.252. The first-order valence-electron chi connectivity index (χ1n) is 20.3. The number of aliphatic carboxylic acids is 1.